The highest BCUT2D eigenvalue weighted by molar-refractivity contribution is 6.39. The molecule has 8 heteroatoms. The van der Waals surface area contributed by atoms with Crippen LogP contribution in [0.25, 0.3) is 11.3 Å². The number of hydrogen-bond acceptors (Lipinski definition) is 4. The summed E-state index contributed by atoms with van der Waals surface area (Å²) in [5.74, 6) is 1.49. The summed E-state index contributed by atoms with van der Waals surface area (Å²) in [6.07, 6.45) is 3.00. The van der Waals surface area contributed by atoms with Gasteiger partial charge in [0.2, 0.25) is 0 Å². The summed E-state index contributed by atoms with van der Waals surface area (Å²) in [6, 6.07) is 5.44. The van der Waals surface area contributed by atoms with Crippen molar-refractivity contribution < 1.29 is 19.2 Å². The molecule has 3 aliphatic rings. The first-order valence-electron chi connectivity index (χ1n) is 9.57. The second-order valence-corrected chi connectivity index (χ2v) is 8.73. The van der Waals surface area contributed by atoms with Gasteiger partial charge in [-0.05, 0) is 37.8 Å². The van der Waals surface area contributed by atoms with Gasteiger partial charge in [-0.3, -0.25) is 0 Å². The molecule has 2 saturated carbocycles. The number of ether oxygens (including phenoxy) is 1. The number of aromatic nitrogens is 1. The van der Waals surface area contributed by atoms with Gasteiger partial charge in [0.25, 0.3) is 0 Å². The van der Waals surface area contributed by atoms with E-state index in [1.54, 1.807) is 18.2 Å². The monoisotopic (exact) mass is 422 g/mol. The lowest BCUT2D eigenvalue weighted by molar-refractivity contribution is -0.00788. The molecular weight excluding hydrogens is 403 g/mol. The maximum atomic E-state index is 11.3. The summed E-state index contributed by atoms with van der Waals surface area (Å²) in [4.78, 5) is 12.8. The summed E-state index contributed by atoms with van der Waals surface area (Å²) in [6.45, 7) is 0.917. The fourth-order valence-corrected chi connectivity index (χ4v) is 5.16. The largest absolute Gasteiger partial charge is 0.465 e. The molecule has 1 saturated heterocycles. The van der Waals surface area contributed by atoms with Gasteiger partial charge in [-0.15, -0.1) is 0 Å². The second-order valence-electron chi connectivity index (χ2n) is 7.91. The third-order valence-electron chi connectivity index (χ3n) is 6.13. The number of halogens is 2. The van der Waals surface area contributed by atoms with Crippen molar-refractivity contribution in [3.63, 3.8) is 0 Å². The van der Waals surface area contributed by atoms with E-state index in [1.165, 1.54) is 4.90 Å². The zero-order valence-corrected chi connectivity index (χ0v) is 16.6. The maximum absolute atomic E-state index is 11.3. The second kappa shape index (κ2) is 6.94. The number of piperidine rings is 1. The molecule has 0 radical (unpaired) electrons. The maximum Gasteiger partial charge on any atom is 0.407 e. The number of amides is 1. The predicted octanol–water partition coefficient (Wildman–Crippen LogP) is 5.18. The van der Waals surface area contributed by atoms with Gasteiger partial charge in [0.1, 0.15) is 11.5 Å². The molecule has 5 rings (SSSR count). The number of benzene rings is 1. The molecule has 1 N–H and O–H groups in total. The predicted molar refractivity (Wildman–Crippen MR) is 104 cm³/mol. The van der Waals surface area contributed by atoms with Crippen LogP contribution in [0.1, 0.15) is 42.9 Å². The Morgan fingerprint density at radius 1 is 1.29 bits per heavy atom. The lowest BCUT2D eigenvalue weighted by Crippen LogP contribution is -2.41. The first-order valence-corrected chi connectivity index (χ1v) is 10.3. The van der Waals surface area contributed by atoms with E-state index in [2.05, 4.69) is 5.16 Å². The number of carbonyl (C=O) groups is 1. The van der Waals surface area contributed by atoms with Crippen LogP contribution in [0.3, 0.4) is 0 Å². The Morgan fingerprint density at radius 2 is 2.04 bits per heavy atom. The minimum atomic E-state index is -0.836. The van der Waals surface area contributed by atoms with Gasteiger partial charge in [-0.1, -0.05) is 34.4 Å². The van der Waals surface area contributed by atoms with Crippen LogP contribution in [0.5, 0.6) is 0 Å². The molecule has 1 amide bonds. The summed E-state index contributed by atoms with van der Waals surface area (Å²) in [5.41, 5.74) is 2.23. The number of hydrogen-bond donors (Lipinski definition) is 1. The molecule has 1 aromatic carbocycles. The van der Waals surface area contributed by atoms with Crippen molar-refractivity contribution in [3.8, 4) is 11.3 Å². The topological polar surface area (TPSA) is 75.8 Å². The number of nitrogens with zero attached hydrogens (tertiary/aromatic N) is 2. The minimum absolute atomic E-state index is 0.0529. The van der Waals surface area contributed by atoms with Crippen molar-refractivity contribution in [2.24, 2.45) is 5.92 Å². The minimum Gasteiger partial charge on any atom is -0.465 e. The van der Waals surface area contributed by atoms with Crippen LogP contribution in [-0.2, 0) is 11.3 Å². The Hall–Kier alpha value is -1.76. The zero-order chi connectivity index (χ0) is 19.4. The Kier molecular flexibility index (Phi) is 4.53. The number of rotatable bonds is 5. The van der Waals surface area contributed by atoms with Gasteiger partial charge in [0, 0.05) is 35.5 Å². The molecule has 6 nitrogen and oxygen atoms in total. The fraction of sp³-hybridized carbons (Fsp3) is 0.500. The SMILES string of the molecule is O=C(O)N1C[C@@H]2C[C@H]1C[C@H]2OCc1c(-c2c(Cl)cccc2Cl)noc1C1CC1. The Bertz CT molecular complexity index is 907. The average molecular weight is 423 g/mol. The van der Waals surface area contributed by atoms with Crippen molar-refractivity contribution in [2.45, 2.75) is 50.4 Å². The third-order valence-corrected chi connectivity index (χ3v) is 6.76. The molecule has 148 valence electrons. The van der Waals surface area contributed by atoms with E-state index in [-0.39, 0.29) is 18.1 Å². The molecule has 1 aromatic heterocycles. The van der Waals surface area contributed by atoms with Crippen LogP contribution >= 0.6 is 23.2 Å². The van der Waals surface area contributed by atoms with E-state index in [0.717, 1.165) is 37.0 Å². The van der Waals surface area contributed by atoms with Crippen molar-refractivity contribution in [1.29, 1.82) is 0 Å². The van der Waals surface area contributed by atoms with E-state index in [9.17, 15) is 9.90 Å². The quantitative estimate of drug-likeness (QED) is 0.717. The highest BCUT2D eigenvalue weighted by atomic mass is 35.5. The summed E-state index contributed by atoms with van der Waals surface area (Å²) in [7, 11) is 0. The summed E-state index contributed by atoms with van der Waals surface area (Å²) >= 11 is 12.8. The van der Waals surface area contributed by atoms with Gasteiger partial charge < -0.3 is 19.3 Å². The lowest BCUT2D eigenvalue weighted by Gasteiger charge is -2.29. The number of likely N-dealkylation sites (tertiary alicyclic amines) is 1. The third kappa shape index (κ3) is 3.08. The molecular formula is C20H20Cl2N2O4. The molecule has 28 heavy (non-hydrogen) atoms. The van der Waals surface area contributed by atoms with Crippen LogP contribution in [0.4, 0.5) is 4.79 Å². The van der Waals surface area contributed by atoms with Crippen molar-refractivity contribution in [1.82, 2.24) is 10.1 Å². The smallest absolute Gasteiger partial charge is 0.407 e. The van der Waals surface area contributed by atoms with Crippen LogP contribution in [0.2, 0.25) is 10.0 Å². The lowest BCUT2D eigenvalue weighted by atomic mass is 10.0. The number of carboxylic acid groups (broad SMARTS) is 1. The Morgan fingerprint density at radius 3 is 2.64 bits per heavy atom. The van der Waals surface area contributed by atoms with Crippen molar-refractivity contribution >= 4 is 29.3 Å². The van der Waals surface area contributed by atoms with Gasteiger partial charge in [0.05, 0.1) is 22.8 Å². The van der Waals surface area contributed by atoms with Crippen molar-refractivity contribution in [2.75, 3.05) is 6.54 Å². The molecule has 0 unspecified atom stereocenters. The van der Waals surface area contributed by atoms with Crippen LogP contribution in [0, 0.1) is 5.92 Å². The fourth-order valence-electron chi connectivity index (χ4n) is 4.58. The summed E-state index contributed by atoms with van der Waals surface area (Å²) in [5, 5.41) is 14.6. The van der Waals surface area contributed by atoms with Gasteiger partial charge in [0.15, 0.2) is 0 Å². The number of fused-ring (bicyclic) bond motifs is 2. The van der Waals surface area contributed by atoms with Crippen LogP contribution < -0.4 is 0 Å². The van der Waals surface area contributed by atoms with E-state index in [1.807, 2.05) is 0 Å². The molecule has 3 atom stereocenters. The van der Waals surface area contributed by atoms with Gasteiger partial charge in [-0.25, -0.2) is 4.79 Å². The van der Waals surface area contributed by atoms with E-state index < -0.39 is 6.09 Å². The van der Waals surface area contributed by atoms with Crippen LogP contribution in [-0.4, -0.2) is 39.9 Å². The molecule has 0 spiro atoms. The standard InChI is InChI=1S/C20H20Cl2N2O4/c21-14-2-1-3-15(22)17(14)18-13(19(28-23-18)10-4-5-10)9-27-16-7-12-6-11(16)8-24(12)20(25)26/h1-3,10-12,16H,4-9H2,(H,25,26)/t11-,12-,16+/m0/s1. The molecule has 2 bridgehead atoms. The first-order chi connectivity index (χ1) is 13.5. The van der Waals surface area contributed by atoms with Gasteiger partial charge in [-0.2, -0.15) is 0 Å². The van der Waals surface area contributed by atoms with E-state index >= 15 is 0 Å². The summed E-state index contributed by atoms with van der Waals surface area (Å²) < 4.78 is 11.9. The zero-order valence-electron chi connectivity index (χ0n) is 15.1. The molecule has 2 aromatic rings. The van der Waals surface area contributed by atoms with E-state index in [4.69, 9.17) is 32.5 Å². The normalized spacial score (nSPS) is 26.2. The van der Waals surface area contributed by atoms with Gasteiger partial charge >= 0.3 is 6.09 Å². The van der Waals surface area contributed by atoms with E-state index in [0.29, 0.717) is 40.4 Å². The highest BCUT2D eigenvalue weighted by Gasteiger charge is 2.47. The highest BCUT2D eigenvalue weighted by Crippen LogP contribution is 2.47. The molecule has 3 fully saturated rings. The molecule has 1 aliphatic heterocycles. The van der Waals surface area contributed by atoms with Crippen molar-refractivity contribution in [3.05, 3.63) is 39.6 Å². The average Bonchev–Trinajstić information content (AvgIpc) is 3.11. The molecule has 2 heterocycles. The van der Waals surface area contributed by atoms with Crippen LogP contribution in [0.15, 0.2) is 22.7 Å². The first kappa shape index (κ1) is 18.3. The Labute approximate surface area is 172 Å². The molecule has 2 aliphatic carbocycles. The Balaban J connectivity index is 1.38.